The molecule has 0 heterocycles. The summed E-state index contributed by atoms with van der Waals surface area (Å²) in [6, 6.07) is 0. The summed E-state index contributed by atoms with van der Waals surface area (Å²) in [7, 11) is 0. The molecule has 0 spiro atoms. The third-order valence-electron chi connectivity index (χ3n) is 1.15. The second-order valence-corrected chi connectivity index (χ2v) is 2.36. The predicted octanol–water partition coefficient (Wildman–Crippen LogP) is 0.605. The SMILES string of the molecule is CCCC/C([O-])=C/C(C)=[OH+].[Sr+2]. The van der Waals surface area contributed by atoms with Gasteiger partial charge in [0.1, 0.15) is 0 Å². The number of ketones is 1. The van der Waals surface area contributed by atoms with E-state index >= 15 is 0 Å². The second-order valence-electron chi connectivity index (χ2n) is 2.36. The van der Waals surface area contributed by atoms with Gasteiger partial charge in [-0.05, 0) is 6.42 Å². The van der Waals surface area contributed by atoms with Crippen molar-refractivity contribution in [2.45, 2.75) is 33.1 Å². The predicted molar refractivity (Wildman–Crippen MR) is 46.0 cm³/mol. The zero-order valence-corrected chi connectivity index (χ0v) is 10.7. The Balaban J connectivity index is 0. The van der Waals surface area contributed by atoms with Crippen molar-refractivity contribution >= 4 is 51.3 Å². The second kappa shape index (κ2) is 8.78. The summed E-state index contributed by atoms with van der Waals surface area (Å²) in [5, 5.41) is 10.8. The van der Waals surface area contributed by atoms with Gasteiger partial charge in [-0.2, -0.15) is 0 Å². The van der Waals surface area contributed by atoms with E-state index in [0.29, 0.717) is 6.42 Å². The van der Waals surface area contributed by atoms with Gasteiger partial charge in [-0.1, -0.05) is 19.8 Å². The zero-order valence-electron chi connectivity index (χ0n) is 7.26. The van der Waals surface area contributed by atoms with Crippen LogP contribution in [0.25, 0.3) is 0 Å². The number of unbranched alkanes of at least 4 members (excludes halogenated alkanes) is 1. The van der Waals surface area contributed by atoms with Gasteiger partial charge in [-0.3, -0.25) is 4.79 Å². The smallest absolute Gasteiger partial charge is 0.875 e. The molecular formula is C8H14O2Sr+2. The molecule has 0 saturated carbocycles. The fourth-order valence-corrected chi connectivity index (χ4v) is 0.656. The van der Waals surface area contributed by atoms with Gasteiger partial charge in [-0.15, -0.1) is 5.76 Å². The van der Waals surface area contributed by atoms with E-state index in [9.17, 15) is 5.11 Å². The van der Waals surface area contributed by atoms with E-state index in [1.807, 2.05) is 6.92 Å². The van der Waals surface area contributed by atoms with Crippen LogP contribution in [0.5, 0.6) is 0 Å². The van der Waals surface area contributed by atoms with E-state index < -0.39 is 0 Å². The van der Waals surface area contributed by atoms with Crippen molar-refractivity contribution in [3.63, 3.8) is 0 Å². The van der Waals surface area contributed by atoms with E-state index in [1.165, 1.54) is 13.0 Å². The van der Waals surface area contributed by atoms with Crippen molar-refractivity contribution in [2.24, 2.45) is 0 Å². The quantitative estimate of drug-likeness (QED) is 0.302. The van der Waals surface area contributed by atoms with Crippen LogP contribution in [0.2, 0.25) is 0 Å². The molecule has 0 aliphatic rings. The number of carbonyl (C=O) groups excluding carboxylic acids is 1. The monoisotopic (exact) mass is 230 g/mol. The van der Waals surface area contributed by atoms with Crippen LogP contribution in [0.3, 0.4) is 0 Å². The third kappa shape index (κ3) is 10.7. The molecule has 0 aromatic carbocycles. The molecule has 0 rings (SSSR count). The number of hydrogen-bond acceptors (Lipinski definition) is 1. The van der Waals surface area contributed by atoms with Gasteiger partial charge in [0.25, 0.3) is 0 Å². The summed E-state index contributed by atoms with van der Waals surface area (Å²) in [5.41, 5.74) is 0. The van der Waals surface area contributed by atoms with Gasteiger partial charge >= 0.3 is 51.3 Å². The van der Waals surface area contributed by atoms with Crippen molar-refractivity contribution < 1.29 is 9.90 Å². The summed E-state index contributed by atoms with van der Waals surface area (Å²) in [4.78, 5) is 8.66. The Morgan fingerprint density at radius 2 is 2.09 bits per heavy atom. The van der Waals surface area contributed by atoms with Crippen molar-refractivity contribution in [1.29, 1.82) is 0 Å². The first-order valence-corrected chi connectivity index (χ1v) is 3.57. The molecule has 0 aliphatic carbocycles. The Hall–Kier alpha value is 0.691. The first kappa shape index (κ1) is 14.2. The Morgan fingerprint density at radius 3 is 2.45 bits per heavy atom. The third-order valence-corrected chi connectivity index (χ3v) is 1.15. The van der Waals surface area contributed by atoms with Crippen molar-refractivity contribution in [3.8, 4) is 0 Å². The first-order valence-electron chi connectivity index (χ1n) is 3.57. The van der Waals surface area contributed by atoms with Crippen LogP contribution in [0.15, 0.2) is 11.8 Å². The summed E-state index contributed by atoms with van der Waals surface area (Å²) in [6.45, 7) is 3.53. The van der Waals surface area contributed by atoms with E-state index in [0.717, 1.165) is 12.8 Å². The fraction of sp³-hybridized carbons (Fsp3) is 0.625. The van der Waals surface area contributed by atoms with Crippen LogP contribution in [-0.4, -0.2) is 56.1 Å². The number of rotatable bonds is 4. The fourth-order valence-electron chi connectivity index (χ4n) is 0.656. The maximum Gasteiger partial charge on any atom is 2.00 e. The summed E-state index contributed by atoms with van der Waals surface area (Å²) >= 11 is 0. The average Bonchev–Trinajstić information content (AvgIpc) is 1.82. The van der Waals surface area contributed by atoms with Crippen molar-refractivity contribution in [3.05, 3.63) is 11.8 Å². The minimum absolute atomic E-state index is 0. The van der Waals surface area contributed by atoms with Crippen LogP contribution >= 0.6 is 0 Å². The molecule has 1 N–H and O–H groups in total. The molecule has 11 heavy (non-hydrogen) atoms. The van der Waals surface area contributed by atoms with Crippen molar-refractivity contribution in [1.82, 2.24) is 0 Å². The van der Waals surface area contributed by atoms with Crippen LogP contribution < -0.4 is 5.11 Å². The average molecular weight is 230 g/mol. The minimum Gasteiger partial charge on any atom is -0.875 e. The Bertz CT molecular complexity index is 141. The van der Waals surface area contributed by atoms with Gasteiger partial charge in [0.05, 0.1) is 6.92 Å². The Morgan fingerprint density at radius 1 is 1.55 bits per heavy atom. The molecule has 0 aromatic heterocycles. The molecule has 2 nitrogen and oxygen atoms in total. The normalized spacial score (nSPS) is 10.5. The molecule has 0 amide bonds. The largest absolute Gasteiger partial charge is 2.00 e. The maximum atomic E-state index is 10.8. The van der Waals surface area contributed by atoms with Gasteiger partial charge in [-0.25, -0.2) is 0 Å². The summed E-state index contributed by atoms with van der Waals surface area (Å²) in [5.74, 6) is 0.114. The van der Waals surface area contributed by atoms with Crippen LogP contribution in [0.4, 0.5) is 0 Å². The van der Waals surface area contributed by atoms with E-state index in [2.05, 4.69) is 0 Å². The van der Waals surface area contributed by atoms with Crippen LogP contribution in [-0.2, 0) is 0 Å². The molecule has 0 unspecified atom stereocenters. The molecule has 0 aliphatic heterocycles. The molecule has 3 heteroatoms. The molecule has 0 aromatic rings. The molecule has 0 atom stereocenters. The van der Waals surface area contributed by atoms with Gasteiger partial charge in [0, 0.05) is 6.08 Å². The van der Waals surface area contributed by atoms with Gasteiger partial charge < -0.3 is 5.11 Å². The number of hydrogen-bond donors (Lipinski definition) is 0. The summed E-state index contributed by atoms with van der Waals surface area (Å²) in [6.07, 6.45) is 3.75. The van der Waals surface area contributed by atoms with Crippen LogP contribution in [0, 0.1) is 0 Å². The number of allylic oxidation sites excluding steroid dienone is 2. The van der Waals surface area contributed by atoms with Gasteiger partial charge in [0.2, 0.25) is 0 Å². The molecular weight excluding hydrogens is 216 g/mol. The molecule has 0 fully saturated rings. The molecule has 0 bridgehead atoms. The van der Waals surface area contributed by atoms with E-state index in [-0.39, 0.29) is 57.0 Å². The van der Waals surface area contributed by atoms with Gasteiger partial charge in [0.15, 0.2) is 0 Å². The topological polar surface area (TPSA) is 44.5 Å². The molecule has 0 saturated heterocycles. The maximum absolute atomic E-state index is 10.8. The van der Waals surface area contributed by atoms with E-state index in [1.54, 1.807) is 0 Å². The molecule has 0 radical (unpaired) electrons. The zero-order chi connectivity index (χ0) is 7.98. The minimum atomic E-state index is 0. The Labute approximate surface area is 105 Å². The van der Waals surface area contributed by atoms with Crippen LogP contribution in [0.1, 0.15) is 33.1 Å². The standard InChI is InChI=1S/C8H14O2.Sr/c1-3-4-5-8(10)6-7(2)9;/h6,10H,3-5H2,1-2H3;/q;+2/b8-6-;. The Kier molecular flexibility index (Phi) is 11.4. The van der Waals surface area contributed by atoms with Crippen molar-refractivity contribution in [2.75, 3.05) is 0 Å². The first-order chi connectivity index (χ1) is 4.66. The summed E-state index contributed by atoms with van der Waals surface area (Å²) < 4.78 is 0. The van der Waals surface area contributed by atoms with E-state index in [4.69, 9.17) is 4.79 Å². The molecule has 58 valence electrons.